The summed E-state index contributed by atoms with van der Waals surface area (Å²) in [7, 11) is 1.70. The molecular formula is C12H14N2O4. The summed E-state index contributed by atoms with van der Waals surface area (Å²) in [6, 6.07) is 4.81. The Morgan fingerprint density at radius 2 is 2.22 bits per heavy atom. The number of aliphatic carboxylic acids is 1. The van der Waals surface area contributed by atoms with Crippen LogP contribution in [-0.2, 0) is 4.79 Å². The highest BCUT2D eigenvalue weighted by atomic mass is 16.4. The van der Waals surface area contributed by atoms with Crippen molar-refractivity contribution in [1.29, 1.82) is 0 Å². The molecule has 1 heterocycles. The number of carbonyl (C=O) groups is 1. The van der Waals surface area contributed by atoms with E-state index in [1.165, 1.54) is 0 Å². The normalized spacial score (nSPS) is 14.6. The summed E-state index contributed by atoms with van der Waals surface area (Å²) < 4.78 is 4.96. The molecule has 0 aliphatic rings. The number of oxazole rings is 1. The Morgan fingerprint density at radius 3 is 2.83 bits per heavy atom. The van der Waals surface area contributed by atoms with Gasteiger partial charge in [0.15, 0.2) is 5.58 Å². The molecule has 2 unspecified atom stereocenters. The lowest BCUT2D eigenvalue weighted by atomic mass is 9.94. The van der Waals surface area contributed by atoms with Gasteiger partial charge in [0.25, 0.3) is 0 Å². The number of hydrogen-bond acceptors (Lipinski definition) is 4. The Bertz CT molecular complexity index is 628. The van der Waals surface area contributed by atoms with Crippen LogP contribution >= 0.6 is 0 Å². The lowest BCUT2D eigenvalue weighted by Crippen LogP contribution is -2.28. The van der Waals surface area contributed by atoms with E-state index in [4.69, 9.17) is 9.52 Å². The number of fused-ring (bicyclic) bond motifs is 1. The number of carboxylic acid groups (broad SMARTS) is 1. The molecule has 0 fully saturated rings. The molecule has 0 radical (unpaired) electrons. The van der Waals surface area contributed by atoms with Gasteiger partial charge in [0.1, 0.15) is 0 Å². The second kappa shape index (κ2) is 4.66. The van der Waals surface area contributed by atoms with Gasteiger partial charge in [-0.3, -0.25) is 9.78 Å². The highest BCUT2D eigenvalue weighted by Gasteiger charge is 2.24. The molecule has 2 aromatic rings. The predicted molar refractivity (Wildman–Crippen MR) is 65.4 cm³/mol. The average molecular weight is 250 g/mol. The molecule has 0 bridgehead atoms. The maximum absolute atomic E-state index is 11.0. The first-order chi connectivity index (χ1) is 8.52. The van der Waals surface area contributed by atoms with Gasteiger partial charge in [-0.15, -0.1) is 0 Å². The molecule has 1 aromatic heterocycles. The number of H-pyrrole nitrogens is 1. The molecule has 18 heavy (non-hydrogen) atoms. The Hall–Kier alpha value is -2.08. The summed E-state index contributed by atoms with van der Waals surface area (Å²) in [6.07, 6.45) is 0. The first-order valence-corrected chi connectivity index (χ1v) is 5.55. The third kappa shape index (κ3) is 2.14. The molecule has 0 saturated carbocycles. The van der Waals surface area contributed by atoms with Crippen LogP contribution in [0.25, 0.3) is 11.1 Å². The van der Waals surface area contributed by atoms with Gasteiger partial charge in [0.2, 0.25) is 0 Å². The molecule has 2 atom stereocenters. The van der Waals surface area contributed by atoms with Crippen molar-refractivity contribution in [1.82, 2.24) is 10.3 Å². The maximum Gasteiger partial charge on any atom is 0.417 e. The van der Waals surface area contributed by atoms with Crippen molar-refractivity contribution in [2.75, 3.05) is 7.05 Å². The lowest BCUT2D eigenvalue weighted by molar-refractivity contribution is -0.142. The van der Waals surface area contributed by atoms with E-state index in [1.54, 1.807) is 32.2 Å². The monoisotopic (exact) mass is 250 g/mol. The SMILES string of the molecule is CNC(c1ccc2[nH]c(=O)oc2c1)C(C)C(=O)O. The van der Waals surface area contributed by atoms with Crippen molar-refractivity contribution in [3.05, 3.63) is 34.3 Å². The Balaban J connectivity index is 2.44. The van der Waals surface area contributed by atoms with Crippen LogP contribution in [0, 0.1) is 5.92 Å². The third-order valence-electron chi connectivity index (χ3n) is 3.00. The van der Waals surface area contributed by atoms with Gasteiger partial charge >= 0.3 is 11.7 Å². The largest absolute Gasteiger partial charge is 0.481 e. The van der Waals surface area contributed by atoms with Crippen LogP contribution in [0.1, 0.15) is 18.5 Å². The van der Waals surface area contributed by atoms with Crippen LogP contribution in [0.5, 0.6) is 0 Å². The van der Waals surface area contributed by atoms with E-state index in [0.717, 1.165) is 5.56 Å². The van der Waals surface area contributed by atoms with E-state index in [2.05, 4.69) is 10.3 Å². The van der Waals surface area contributed by atoms with E-state index in [9.17, 15) is 9.59 Å². The second-order valence-corrected chi connectivity index (χ2v) is 4.16. The molecule has 0 saturated heterocycles. The van der Waals surface area contributed by atoms with Crippen LogP contribution in [0.2, 0.25) is 0 Å². The number of aromatic nitrogens is 1. The summed E-state index contributed by atoms with van der Waals surface area (Å²) in [5.41, 5.74) is 1.79. The summed E-state index contributed by atoms with van der Waals surface area (Å²) in [5, 5.41) is 12.0. The van der Waals surface area contributed by atoms with Crippen molar-refractivity contribution in [2.24, 2.45) is 5.92 Å². The van der Waals surface area contributed by atoms with Crippen LogP contribution in [0.4, 0.5) is 0 Å². The summed E-state index contributed by atoms with van der Waals surface area (Å²) >= 11 is 0. The average Bonchev–Trinajstić information content (AvgIpc) is 2.69. The standard InChI is InChI=1S/C12H14N2O4/c1-6(11(15)16)10(13-2)7-3-4-8-9(5-7)18-12(17)14-8/h3-6,10,13H,1-2H3,(H,14,17)(H,15,16). The minimum atomic E-state index is -0.884. The highest BCUT2D eigenvalue weighted by Crippen LogP contribution is 2.24. The summed E-state index contributed by atoms with van der Waals surface area (Å²) in [6.45, 7) is 1.63. The van der Waals surface area contributed by atoms with Crippen molar-refractivity contribution in [2.45, 2.75) is 13.0 Å². The second-order valence-electron chi connectivity index (χ2n) is 4.16. The van der Waals surface area contributed by atoms with Crippen molar-refractivity contribution >= 4 is 17.1 Å². The molecule has 1 aromatic carbocycles. The highest BCUT2D eigenvalue weighted by molar-refractivity contribution is 5.74. The van der Waals surface area contributed by atoms with Crippen LogP contribution in [0.15, 0.2) is 27.4 Å². The molecule has 6 heteroatoms. The molecule has 3 N–H and O–H groups in total. The quantitative estimate of drug-likeness (QED) is 0.755. The van der Waals surface area contributed by atoms with Gasteiger partial charge in [-0.1, -0.05) is 13.0 Å². The summed E-state index contributed by atoms with van der Waals surface area (Å²) in [5.74, 6) is -1.99. The van der Waals surface area contributed by atoms with E-state index in [1.807, 2.05) is 0 Å². The number of benzene rings is 1. The Kier molecular flexibility index (Phi) is 3.20. The zero-order valence-electron chi connectivity index (χ0n) is 10.1. The Morgan fingerprint density at radius 1 is 1.50 bits per heavy atom. The van der Waals surface area contributed by atoms with Gasteiger partial charge in [-0.05, 0) is 24.7 Å². The van der Waals surface area contributed by atoms with Gasteiger partial charge < -0.3 is 14.8 Å². The van der Waals surface area contributed by atoms with Gasteiger partial charge in [-0.25, -0.2) is 4.79 Å². The number of carboxylic acids is 1. The number of rotatable bonds is 4. The Labute approximate surface area is 103 Å². The predicted octanol–water partition coefficient (Wildman–Crippen LogP) is 1.10. The number of nitrogens with one attached hydrogen (secondary N) is 2. The van der Waals surface area contributed by atoms with Crippen LogP contribution in [0.3, 0.4) is 0 Å². The summed E-state index contributed by atoms with van der Waals surface area (Å²) in [4.78, 5) is 24.6. The lowest BCUT2D eigenvalue weighted by Gasteiger charge is -2.20. The third-order valence-corrected chi connectivity index (χ3v) is 3.00. The zero-order chi connectivity index (χ0) is 13.3. The number of aromatic amines is 1. The fourth-order valence-corrected chi connectivity index (χ4v) is 2.00. The van der Waals surface area contributed by atoms with E-state index >= 15 is 0 Å². The minimum absolute atomic E-state index is 0.341. The van der Waals surface area contributed by atoms with E-state index in [-0.39, 0.29) is 6.04 Å². The molecule has 6 nitrogen and oxygen atoms in total. The van der Waals surface area contributed by atoms with Crippen molar-refractivity contribution < 1.29 is 14.3 Å². The minimum Gasteiger partial charge on any atom is -0.481 e. The smallest absolute Gasteiger partial charge is 0.417 e. The van der Waals surface area contributed by atoms with Gasteiger partial charge in [0.05, 0.1) is 11.4 Å². The fourth-order valence-electron chi connectivity index (χ4n) is 2.00. The first kappa shape index (κ1) is 12.4. The van der Waals surface area contributed by atoms with Crippen LogP contribution < -0.4 is 11.1 Å². The van der Waals surface area contributed by atoms with Crippen LogP contribution in [-0.4, -0.2) is 23.1 Å². The first-order valence-electron chi connectivity index (χ1n) is 5.55. The molecule has 96 valence electrons. The molecular weight excluding hydrogens is 236 g/mol. The molecule has 0 amide bonds. The van der Waals surface area contributed by atoms with Crippen molar-refractivity contribution in [3.8, 4) is 0 Å². The molecule has 0 aliphatic heterocycles. The van der Waals surface area contributed by atoms with Gasteiger partial charge in [-0.2, -0.15) is 0 Å². The molecule has 2 rings (SSSR count). The number of hydrogen-bond donors (Lipinski definition) is 3. The maximum atomic E-state index is 11.0. The van der Waals surface area contributed by atoms with E-state index < -0.39 is 17.6 Å². The molecule has 0 aliphatic carbocycles. The van der Waals surface area contributed by atoms with Gasteiger partial charge in [0, 0.05) is 6.04 Å². The van der Waals surface area contributed by atoms with E-state index in [0.29, 0.717) is 11.1 Å². The zero-order valence-corrected chi connectivity index (χ0v) is 10.1. The topological polar surface area (TPSA) is 95.3 Å². The fraction of sp³-hybridized carbons (Fsp3) is 0.333. The van der Waals surface area contributed by atoms with Crippen molar-refractivity contribution in [3.63, 3.8) is 0 Å². The molecule has 0 spiro atoms.